The van der Waals surface area contributed by atoms with Gasteiger partial charge in [0.05, 0.1) is 16.9 Å². The largest absolute Gasteiger partial charge is 0.437 e. The molecule has 0 bridgehead atoms. The molecule has 1 aliphatic rings. The number of nitrogens with two attached hydrogens (primary N) is 1. The Kier molecular flexibility index (Phi) is 4.50. The number of hydrogen-bond donors (Lipinski definition) is 3. The van der Waals surface area contributed by atoms with Gasteiger partial charge in [-0.2, -0.15) is 0 Å². The number of aromatic nitrogens is 1. The predicted molar refractivity (Wildman–Crippen MR) is 92.9 cm³/mol. The Labute approximate surface area is 131 Å². The van der Waals surface area contributed by atoms with Crippen LogP contribution < -0.4 is 15.9 Å². The van der Waals surface area contributed by atoms with Crippen LogP contribution in [-0.4, -0.2) is 36.7 Å². The van der Waals surface area contributed by atoms with Crippen molar-refractivity contribution in [3.8, 4) is 0 Å². The number of fused-ring (bicyclic) bond motifs is 1. The van der Waals surface area contributed by atoms with E-state index < -0.39 is 7.05 Å². The van der Waals surface area contributed by atoms with Crippen molar-refractivity contribution in [3.05, 3.63) is 30.5 Å². The van der Waals surface area contributed by atoms with Crippen molar-refractivity contribution >= 4 is 29.3 Å². The molecule has 1 aromatic heterocycles. The topological polar surface area (TPSA) is 74.4 Å². The Hall–Kier alpha value is -1.79. The molecule has 1 saturated heterocycles. The molecular formula is C16H23BN4O. The van der Waals surface area contributed by atoms with Crippen LogP contribution in [-0.2, 0) is 0 Å². The number of rotatable bonds is 4. The van der Waals surface area contributed by atoms with Crippen LogP contribution in [0.15, 0.2) is 30.5 Å². The fraction of sp³-hybridized carbons (Fsp3) is 0.438. The summed E-state index contributed by atoms with van der Waals surface area (Å²) >= 11 is 0. The maximum atomic E-state index is 9.30. The van der Waals surface area contributed by atoms with Gasteiger partial charge in [0, 0.05) is 24.7 Å². The summed E-state index contributed by atoms with van der Waals surface area (Å²) in [6.45, 7) is 4.63. The highest BCUT2D eigenvalue weighted by Crippen LogP contribution is 2.31. The Morgan fingerprint density at radius 2 is 2.18 bits per heavy atom. The van der Waals surface area contributed by atoms with Gasteiger partial charge in [-0.1, -0.05) is 6.07 Å². The number of nitrogens with zero attached hydrogens (tertiary/aromatic N) is 2. The fourth-order valence-electron chi connectivity index (χ4n) is 3.12. The summed E-state index contributed by atoms with van der Waals surface area (Å²) in [5.74, 6) is 0.616. The second-order valence-electron chi connectivity index (χ2n) is 6.12. The van der Waals surface area contributed by atoms with E-state index in [1.165, 1.54) is 0 Å². The second-order valence-corrected chi connectivity index (χ2v) is 6.12. The van der Waals surface area contributed by atoms with Gasteiger partial charge in [-0.15, -0.1) is 0 Å². The van der Waals surface area contributed by atoms with Gasteiger partial charge in [-0.05, 0) is 50.3 Å². The van der Waals surface area contributed by atoms with Crippen molar-refractivity contribution in [2.75, 3.05) is 30.3 Å². The first-order chi connectivity index (χ1) is 10.6. The Morgan fingerprint density at radius 1 is 1.41 bits per heavy atom. The first-order valence-corrected chi connectivity index (χ1v) is 7.94. The molecule has 0 saturated carbocycles. The van der Waals surface area contributed by atoms with E-state index in [4.69, 9.17) is 5.73 Å². The first kappa shape index (κ1) is 15.1. The smallest absolute Gasteiger partial charge is 0.373 e. The monoisotopic (exact) mass is 298 g/mol. The standard InChI is InChI=1S/C16H23BN4O/c1-17(22)20-11-12-4-7-21(8-5-12)16-10-15-13(9-14(16)18)3-2-6-19-15/h2-3,6,9-10,12,20,22H,4-5,7-8,11,18H2,1H3. The van der Waals surface area contributed by atoms with Gasteiger partial charge in [-0.3, -0.25) is 4.98 Å². The SMILES string of the molecule is CB(O)NCC1CCN(c2cc3ncccc3cc2N)CC1. The van der Waals surface area contributed by atoms with E-state index in [1.54, 1.807) is 6.82 Å². The van der Waals surface area contributed by atoms with Gasteiger partial charge in [0.15, 0.2) is 0 Å². The number of nitrogen functional groups attached to an aromatic ring is 1. The van der Waals surface area contributed by atoms with Gasteiger partial charge < -0.3 is 20.9 Å². The van der Waals surface area contributed by atoms with E-state index in [1.807, 2.05) is 24.4 Å². The minimum atomic E-state index is -0.430. The van der Waals surface area contributed by atoms with Crippen molar-refractivity contribution in [2.24, 2.45) is 5.92 Å². The highest BCUT2D eigenvalue weighted by Gasteiger charge is 2.21. The van der Waals surface area contributed by atoms with E-state index in [0.29, 0.717) is 5.92 Å². The summed E-state index contributed by atoms with van der Waals surface area (Å²) < 4.78 is 0. The molecule has 1 aromatic carbocycles. The molecule has 2 heterocycles. The number of hydrogen-bond acceptors (Lipinski definition) is 5. The number of anilines is 2. The number of piperidine rings is 1. The lowest BCUT2D eigenvalue weighted by Crippen LogP contribution is -2.41. The molecule has 0 amide bonds. The van der Waals surface area contributed by atoms with Crippen molar-refractivity contribution in [2.45, 2.75) is 19.7 Å². The minimum Gasteiger partial charge on any atom is -0.437 e. The third-order valence-corrected chi connectivity index (χ3v) is 4.41. The first-order valence-electron chi connectivity index (χ1n) is 7.94. The van der Waals surface area contributed by atoms with Crippen LogP contribution >= 0.6 is 0 Å². The lowest BCUT2D eigenvalue weighted by Gasteiger charge is -2.34. The number of benzene rings is 1. The van der Waals surface area contributed by atoms with Gasteiger partial charge in [0.25, 0.3) is 0 Å². The molecule has 0 atom stereocenters. The Balaban J connectivity index is 1.69. The van der Waals surface area contributed by atoms with Crippen LogP contribution in [0.1, 0.15) is 12.8 Å². The van der Waals surface area contributed by atoms with Crippen LogP contribution in [0.3, 0.4) is 0 Å². The number of pyridine rings is 1. The van der Waals surface area contributed by atoms with Crippen LogP contribution in [0.4, 0.5) is 11.4 Å². The maximum Gasteiger partial charge on any atom is 0.373 e. The van der Waals surface area contributed by atoms with Crippen molar-refractivity contribution in [3.63, 3.8) is 0 Å². The highest BCUT2D eigenvalue weighted by atomic mass is 16.2. The quantitative estimate of drug-likeness (QED) is 0.592. The molecule has 0 unspecified atom stereocenters. The van der Waals surface area contributed by atoms with E-state index in [2.05, 4.69) is 21.2 Å². The summed E-state index contributed by atoms with van der Waals surface area (Å²) in [5, 5.41) is 13.5. The fourth-order valence-corrected chi connectivity index (χ4v) is 3.12. The zero-order valence-electron chi connectivity index (χ0n) is 13.0. The summed E-state index contributed by atoms with van der Waals surface area (Å²) in [6.07, 6.45) is 4.04. The lowest BCUT2D eigenvalue weighted by molar-refractivity contribution is 0.396. The lowest BCUT2D eigenvalue weighted by atomic mass is 9.86. The van der Waals surface area contributed by atoms with Gasteiger partial charge >= 0.3 is 7.05 Å². The van der Waals surface area contributed by atoms with Crippen LogP contribution in [0, 0.1) is 5.92 Å². The molecule has 0 aliphatic carbocycles. The van der Waals surface area contributed by atoms with Gasteiger partial charge in [-0.25, -0.2) is 0 Å². The third-order valence-electron chi connectivity index (χ3n) is 4.41. The van der Waals surface area contributed by atoms with Crippen molar-refractivity contribution < 1.29 is 5.02 Å². The molecule has 5 nitrogen and oxygen atoms in total. The van der Waals surface area contributed by atoms with Gasteiger partial charge in [0.2, 0.25) is 0 Å². The van der Waals surface area contributed by atoms with E-state index >= 15 is 0 Å². The summed E-state index contributed by atoms with van der Waals surface area (Å²) in [4.78, 5) is 6.77. The zero-order valence-corrected chi connectivity index (χ0v) is 13.0. The summed E-state index contributed by atoms with van der Waals surface area (Å²) in [6, 6.07) is 8.08. The minimum absolute atomic E-state index is 0.430. The predicted octanol–water partition coefficient (Wildman–Crippen LogP) is 1.73. The molecule has 116 valence electrons. The normalized spacial score (nSPS) is 16.2. The van der Waals surface area contributed by atoms with Crippen LogP contribution in [0.25, 0.3) is 10.9 Å². The van der Waals surface area contributed by atoms with Crippen molar-refractivity contribution in [1.29, 1.82) is 0 Å². The molecule has 2 aromatic rings. The summed E-state index contributed by atoms with van der Waals surface area (Å²) in [7, 11) is -0.430. The van der Waals surface area contributed by atoms with Gasteiger partial charge in [0.1, 0.15) is 0 Å². The average Bonchev–Trinajstić information content (AvgIpc) is 2.53. The number of nitrogens with one attached hydrogen (secondary N) is 1. The molecule has 1 aliphatic heterocycles. The Morgan fingerprint density at radius 3 is 2.91 bits per heavy atom. The highest BCUT2D eigenvalue weighted by molar-refractivity contribution is 6.45. The van der Waals surface area contributed by atoms with Crippen molar-refractivity contribution in [1.82, 2.24) is 10.2 Å². The Bertz CT molecular complexity index is 641. The molecule has 3 rings (SSSR count). The third kappa shape index (κ3) is 3.34. The maximum absolute atomic E-state index is 9.30. The van der Waals surface area contributed by atoms with Crippen LogP contribution in [0.5, 0.6) is 0 Å². The molecular weight excluding hydrogens is 275 g/mol. The molecule has 1 fully saturated rings. The second kappa shape index (κ2) is 6.54. The van der Waals surface area contributed by atoms with E-state index in [0.717, 1.165) is 54.8 Å². The molecule has 6 heteroatoms. The van der Waals surface area contributed by atoms with Crippen LogP contribution in [0.2, 0.25) is 6.82 Å². The summed E-state index contributed by atoms with van der Waals surface area (Å²) in [5.41, 5.74) is 9.14. The van der Waals surface area contributed by atoms with E-state index in [9.17, 15) is 5.02 Å². The molecule has 22 heavy (non-hydrogen) atoms. The zero-order chi connectivity index (χ0) is 15.5. The average molecular weight is 298 g/mol. The molecule has 0 radical (unpaired) electrons. The van der Waals surface area contributed by atoms with E-state index in [-0.39, 0.29) is 0 Å². The molecule has 0 spiro atoms. The molecule has 4 N–H and O–H groups in total.